The summed E-state index contributed by atoms with van der Waals surface area (Å²) in [6, 6.07) is 0. The van der Waals surface area contributed by atoms with E-state index in [-0.39, 0.29) is 0 Å². The third-order valence-corrected chi connectivity index (χ3v) is 4.59. The molecular weight excluding hydrogens is 341 g/mol. The van der Waals surface area contributed by atoms with Gasteiger partial charge < -0.3 is 15.0 Å². The molecule has 1 atom stereocenters. The minimum atomic E-state index is -4.38. The lowest BCUT2D eigenvalue weighted by Gasteiger charge is -2.24. The van der Waals surface area contributed by atoms with Crippen molar-refractivity contribution >= 4 is 17.3 Å². The lowest BCUT2D eigenvalue weighted by Crippen LogP contribution is -2.41. The molecule has 2 rings (SSSR count). The average Bonchev–Trinajstić information content (AvgIpc) is 3.17. The number of halogens is 3. The Morgan fingerprint density at radius 3 is 2.92 bits per heavy atom. The molecule has 0 aromatic carbocycles. The van der Waals surface area contributed by atoms with Gasteiger partial charge in [-0.2, -0.15) is 13.2 Å². The Morgan fingerprint density at radius 1 is 1.54 bits per heavy atom. The molecule has 0 saturated carbocycles. The number of nitrogens with zero attached hydrogens (tertiary/aromatic N) is 3. The van der Waals surface area contributed by atoms with Gasteiger partial charge in [-0.3, -0.25) is 4.99 Å². The fourth-order valence-corrected chi connectivity index (χ4v) is 3.28. The normalized spacial score (nSPS) is 18.9. The van der Waals surface area contributed by atoms with Gasteiger partial charge in [0.25, 0.3) is 0 Å². The Labute approximate surface area is 143 Å². The third kappa shape index (κ3) is 5.62. The number of ether oxygens (including phenoxy) is 1. The first kappa shape index (κ1) is 19.0. The molecule has 1 unspecified atom stereocenters. The van der Waals surface area contributed by atoms with Crippen molar-refractivity contribution in [2.45, 2.75) is 25.9 Å². The average molecular weight is 364 g/mol. The summed E-state index contributed by atoms with van der Waals surface area (Å²) in [5.74, 6) is 1.25. The summed E-state index contributed by atoms with van der Waals surface area (Å²) in [7, 11) is 1.96. The number of nitrogens with one attached hydrogen (secondary N) is 1. The van der Waals surface area contributed by atoms with Crippen LogP contribution in [0.15, 0.2) is 10.4 Å². The molecule has 1 aromatic heterocycles. The molecule has 1 saturated heterocycles. The van der Waals surface area contributed by atoms with E-state index in [1.807, 2.05) is 18.9 Å². The van der Waals surface area contributed by atoms with Crippen molar-refractivity contribution in [3.8, 4) is 0 Å². The molecule has 24 heavy (non-hydrogen) atoms. The van der Waals surface area contributed by atoms with E-state index in [2.05, 4.69) is 15.3 Å². The number of alkyl halides is 3. The van der Waals surface area contributed by atoms with Gasteiger partial charge in [0.05, 0.1) is 11.6 Å². The molecule has 0 amide bonds. The minimum Gasteiger partial charge on any atom is -0.381 e. The first-order valence-electron chi connectivity index (χ1n) is 7.99. The van der Waals surface area contributed by atoms with E-state index in [0.717, 1.165) is 55.4 Å². The van der Waals surface area contributed by atoms with E-state index in [9.17, 15) is 13.2 Å². The van der Waals surface area contributed by atoms with Crippen LogP contribution in [0.1, 0.15) is 24.0 Å². The van der Waals surface area contributed by atoms with Crippen molar-refractivity contribution < 1.29 is 17.9 Å². The number of aromatic nitrogens is 1. The first-order valence-corrected chi connectivity index (χ1v) is 8.87. The Kier molecular flexibility index (Phi) is 6.85. The zero-order valence-electron chi connectivity index (χ0n) is 13.9. The van der Waals surface area contributed by atoms with Crippen molar-refractivity contribution in [1.29, 1.82) is 0 Å². The van der Waals surface area contributed by atoms with Gasteiger partial charge >= 0.3 is 6.18 Å². The van der Waals surface area contributed by atoms with Crippen LogP contribution in [-0.4, -0.2) is 55.7 Å². The fourth-order valence-electron chi connectivity index (χ4n) is 2.48. The van der Waals surface area contributed by atoms with Crippen LogP contribution in [-0.2, 0) is 17.3 Å². The summed E-state index contributed by atoms with van der Waals surface area (Å²) < 4.78 is 43.0. The van der Waals surface area contributed by atoms with Gasteiger partial charge in [-0.05, 0) is 13.3 Å². The second-order valence-electron chi connectivity index (χ2n) is 5.72. The topological polar surface area (TPSA) is 49.8 Å². The molecule has 136 valence electrons. The molecule has 0 bridgehead atoms. The van der Waals surface area contributed by atoms with Crippen molar-refractivity contribution in [3.63, 3.8) is 0 Å². The van der Waals surface area contributed by atoms with E-state index in [4.69, 9.17) is 4.74 Å². The van der Waals surface area contributed by atoms with Crippen LogP contribution in [0.4, 0.5) is 13.2 Å². The van der Waals surface area contributed by atoms with E-state index in [1.165, 1.54) is 0 Å². The zero-order valence-corrected chi connectivity index (χ0v) is 14.7. The van der Waals surface area contributed by atoms with Crippen LogP contribution < -0.4 is 5.32 Å². The van der Waals surface area contributed by atoms with Crippen LogP contribution in [0, 0.1) is 5.92 Å². The third-order valence-electron chi connectivity index (χ3n) is 3.68. The number of aliphatic imine (C=N–C) groups is 1. The maximum atomic E-state index is 12.5. The van der Waals surface area contributed by atoms with Gasteiger partial charge in [-0.1, -0.05) is 0 Å². The molecule has 1 fully saturated rings. The van der Waals surface area contributed by atoms with Gasteiger partial charge in [0.15, 0.2) is 11.7 Å². The second-order valence-corrected chi connectivity index (χ2v) is 6.66. The molecule has 2 heterocycles. The molecular formula is C15H23F3N4OS. The Hall–Kier alpha value is -1.35. The van der Waals surface area contributed by atoms with Crippen molar-refractivity contribution in [2.24, 2.45) is 10.9 Å². The van der Waals surface area contributed by atoms with Crippen molar-refractivity contribution in [1.82, 2.24) is 15.2 Å². The fraction of sp³-hybridized carbons (Fsp3) is 0.733. The van der Waals surface area contributed by atoms with Crippen molar-refractivity contribution in [2.75, 3.05) is 39.9 Å². The summed E-state index contributed by atoms with van der Waals surface area (Å²) in [4.78, 5) is 10.2. The summed E-state index contributed by atoms with van der Waals surface area (Å²) >= 11 is 1.03. The molecule has 5 nitrogen and oxygen atoms in total. The first-order chi connectivity index (χ1) is 11.4. The number of hydrogen-bond acceptors (Lipinski definition) is 4. The van der Waals surface area contributed by atoms with Crippen LogP contribution in [0.5, 0.6) is 0 Å². The SMILES string of the molecule is CCNC(=NCCc1nc(C(F)(F)F)cs1)N(C)CC1CCOC1. The molecule has 1 aromatic rings. The highest BCUT2D eigenvalue weighted by Crippen LogP contribution is 2.30. The molecule has 1 aliphatic rings. The Balaban J connectivity index is 1.89. The predicted molar refractivity (Wildman–Crippen MR) is 88.4 cm³/mol. The number of guanidine groups is 1. The Morgan fingerprint density at radius 2 is 2.33 bits per heavy atom. The highest BCUT2D eigenvalue weighted by Gasteiger charge is 2.33. The van der Waals surface area contributed by atoms with Gasteiger partial charge in [0.2, 0.25) is 0 Å². The molecule has 0 spiro atoms. The maximum absolute atomic E-state index is 12.5. The highest BCUT2D eigenvalue weighted by atomic mass is 32.1. The van der Waals surface area contributed by atoms with E-state index >= 15 is 0 Å². The predicted octanol–water partition coefficient (Wildman–Crippen LogP) is 2.64. The van der Waals surface area contributed by atoms with Gasteiger partial charge in [0, 0.05) is 51.0 Å². The summed E-state index contributed by atoms with van der Waals surface area (Å²) in [6.45, 7) is 5.54. The van der Waals surface area contributed by atoms with Crippen LogP contribution >= 0.6 is 11.3 Å². The summed E-state index contributed by atoms with van der Waals surface area (Å²) in [6.07, 6.45) is -2.93. The van der Waals surface area contributed by atoms with Crippen molar-refractivity contribution in [3.05, 3.63) is 16.1 Å². The monoisotopic (exact) mass is 364 g/mol. The lowest BCUT2D eigenvalue weighted by atomic mass is 10.1. The molecule has 9 heteroatoms. The van der Waals surface area contributed by atoms with E-state index < -0.39 is 11.9 Å². The molecule has 1 aliphatic heterocycles. The van der Waals surface area contributed by atoms with Gasteiger partial charge in [-0.15, -0.1) is 11.3 Å². The summed E-state index contributed by atoms with van der Waals surface area (Å²) in [5.41, 5.74) is -0.822. The number of rotatable bonds is 6. The Bertz CT molecular complexity index is 541. The zero-order chi connectivity index (χ0) is 17.6. The van der Waals surface area contributed by atoms with Gasteiger partial charge in [0.1, 0.15) is 0 Å². The number of thiazole rings is 1. The maximum Gasteiger partial charge on any atom is 0.434 e. The molecule has 0 radical (unpaired) electrons. The smallest absolute Gasteiger partial charge is 0.381 e. The quantitative estimate of drug-likeness (QED) is 0.623. The second kappa shape index (κ2) is 8.66. The highest BCUT2D eigenvalue weighted by molar-refractivity contribution is 7.09. The van der Waals surface area contributed by atoms with E-state index in [0.29, 0.717) is 23.9 Å². The van der Waals surface area contributed by atoms with Crippen LogP contribution in [0.25, 0.3) is 0 Å². The number of hydrogen-bond donors (Lipinski definition) is 1. The molecule has 1 N–H and O–H groups in total. The van der Waals surface area contributed by atoms with Gasteiger partial charge in [-0.25, -0.2) is 4.98 Å². The van der Waals surface area contributed by atoms with E-state index in [1.54, 1.807) is 0 Å². The van der Waals surface area contributed by atoms with Crippen LogP contribution in [0.2, 0.25) is 0 Å². The standard InChI is InChI=1S/C15H23F3N4OS/c1-3-19-14(22(2)8-11-5-7-23-9-11)20-6-4-13-21-12(10-24-13)15(16,17)18/h10-11H,3-9H2,1-2H3,(H,19,20). The largest absolute Gasteiger partial charge is 0.434 e. The minimum absolute atomic E-state index is 0.399. The molecule has 0 aliphatic carbocycles. The lowest BCUT2D eigenvalue weighted by molar-refractivity contribution is -0.140. The summed E-state index contributed by atoms with van der Waals surface area (Å²) in [5, 5.41) is 4.71. The van der Waals surface area contributed by atoms with Crippen LogP contribution in [0.3, 0.4) is 0 Å².